The van der Waals surface area contributed by atoms with Crippen LogP contribution in [0.25, 0.3) is 22.0 Å². The molecule has 3 aromatic carbocycles. The average molecular weight is 519 g/mol. The molecule has 0 radical (unpaired) electrons. The summed E-state index contributed by atoms with van der Waals surface area (Å²) >= 11 is 6.24. The van der Waals surface area contributed by atoms with Crippen molar-refractivity contribution >= 4 is 46.4 Å². The summed E-state index contributed by atoms with van der Waals surface area (Å²) in [6, 6.07) is 17.6. The van der Waals surface area contributed by atoms with E-state index in [1.165, 1.54) is 16.7 Å². The highest BCUT2D eigenvalue weighted by atomic mass is 35.5. The number of ether oxygens (including phenoxy) is 2. The molecule has 0 saturated carbocycles. The van der Waals surface area contributed by atoms with E-state index in [9.17, 15) is 9.59 Å². The molecule has 0 saturated heterocycles. The Balaban J connectivity index is 1.79. The largest absolute Gasteiger partial charge is 0.494 e. The van der Waals surface area contributed by atoms with E-state index in [2.05, 4.69) is 16.8 Å². The van der Waals surface area contributed by atoms with Crippen molar-refractivity contribution in [1.82, 2.24) is 9.78 Å². The molecule has 4 rings (SSSR count). The summed E-state index contributed by atoms with van der Waals surface area (Å²) in [5.74, 6) is 0.692. The van der Waals surface area contributed by atoms with Gasteiger partial charge >= 0.3 is 0 Å². The number of carbonyl (C=O) groups excluding carboxylic acids is 1. The molecule has 0 aliphatic rings. The van der Waals surface area contributed by atoms with Crippen molar-refractivity contribution in [1.29, 1.82) is 0 Å². The van der Waals surface area contributed by atoms with Crippen LogP contribution in [0, 0.1) is 0 Å². The van der Waals surface area contributed by atoms with Crippen LogP contribution in [-0.2, 0) is 11.3 Å². The Kier molecular flexibility index (Phi) is 7.59. The number of hydrogen-bond donors (Lipinski definition) is 0. The minimum absolute atomic E-state index is 0.0659. The topological polar surface area (TPSA) is 86.0 Å². The van der Waals surface area contributed by atoms with Gasteiger partial charge < -0.3 is 14.4 Å². The summed E-state index contributed by atoms with van der Waals surface area (Å²) in [6.45, 7) is 7.07. The number of benzene rings is 3. The Hall–Kier alpha value is -4.17. The molecule has 1 aromatic heterocycles. The maximum absolute atomic E-state index is 13.5. The third kappa shape index (κ3) is 5.49. The fourth-order valence-corrected chi connectivity index (χ4v) is 4.14. The molecule has 0 N–H and O–H groups in total. The molecule has 0 fully saturated rings. The van der Waals surface area contributed by atoms with Crippen LogP contribution in [-0.4, -0.2) is 42.7 Å². The van der Waals surface area contributed by atoms with Crippen LogP contribution < -0.4 is 19.9 Å². The van der Waals surface area contributed by atoms with Crippen molar-refractivity contribution in [3.63, 3.8) is 0 Å². The maximum atomic E-state index is 13.5. The predicted octanol–water partition coefficient (Wildman–Crippen LogP) is 5.51. The van der Waals surface area contributed by atoms with Crippen molar-refractivity contribution in [2.45, 2.75) is 26.5 Å². The van der Waals surface area contributed by atoms with Crippen molar-refractivity contribution in [3.8, 4) is 22.8 Å². The number of hydrogen-bond acceptors (Lipinski definition) is 6. The summed E-state index contributed by atoms with van der Waals surface area (Å²) in [5.41, 5.74) is 1.99. The fraction of sp³-hybridized carbons (Fsp3) is 0.214. The molecule has 1 amide bonds. The maximum Gasteiger partial charge on any atom is 0.275 e. The van der Waals surface area contributed by atoms with E-state index in [0.29, 0.717) is 44.4 Å². The summed E-state index contributed by atoms with van der Waals surface area (Å²) in [4.78, 5) is 32.1. The van der Waals surface area contributed by atoms with Gasteiger partial charge in [0.15, 0.2) is 0 Å². The normalized spacial score (nSPS) is 11.0. The zero-order chi connectivity index (χ0) is 26.7. The molecule has 1 heterocycles. The number of carbonyl (C=O) groups is 1. The number of likely N-dealkylation sites (N-methyl/N-ethyl adjacent to an activating group) is 1. The molecule has 0 aliphatic carbocycles. The predicted molar refractivity (Wildman–Crippen MR) is 148 cm³/mol. The van der Waals surface area contributed by atoms with Crippen LogP contribution in [0.4, 0.5) is 11.4 Å². The highest BCUT2D eigenvalue weighted by Gasteiger charge is 2.19. The van der Waals surface area contributed by atoms with Gasteiger partial charge in [0.25, 0.3) is 5.56 Å². The molecule has 0 unspecified atom stereocenters. The van der Waals surface area contributed by atoms with Crippen molar-refractivity contribution in [2.75, 3.05) is 19.1 Å². The summed E-state index contributed by atoms with van der Waals surface area (Å²) in [7, 11) is 3.14. The quantitative estimate of drug-likeness (QED) is 0.287. The zero-order valence-electron chi connectivity index (χ0n) is 21.1. The van der Waals surface area contributed by atoms with Crippen molar-refractivity contribution < 1.29 is 14.3 Å². The van der Waals surface area contributed by atoms with E-state index >= 15 is 0 Å². The summed E-state index contributed by atoms with van der Waals surface area (Å²) in [6.07, 6.45) is -0.0659. The van der Waals surface area contributed by atoms with Gasteiger partial charge in [-0.1, -0.05) is 23.7 Å². The monoisotopic (exact) mass is 518 g/mol. The lowest BCUT2D eigenvalue weighted by molar-refractivity contribution is -0.119. The number of methoxy groups -OCH3 is 1. The number of amides is 1. The first-order chi connectivity index (χ1) is 17.7. The molecule has 37 heavy (non-hydrogen) atoms. The number of nitrogens with zero attached hydrogens (tertiary/aromatic N) is 4. The van der Waals surface area contributed by atoms with Gasteiger partial charge in [0.2, 0.25) is 5.91 Å². The second-order valence-electron chi connectivity index (χ2n) is 8.66. The lowest BCUT2D eigenvalue weighted by atomic mass is 10.0. The standard InChI is InChI=1S/C28H27ClN4O4/c1-17(2)37-21-10-11-22-23(15-21)28(35)33(31-27(22)18-7-6-8-19(29)13-18)16-26(34)32(4)20-9-12-24(30-3)25(14-20)36-5/h6-15,17H,3,16H2,1-2,4-5H3. The van der Waals surface area contributed by atoms with E-state index in [-0.39, 0.29) is 18.6 Å². The highest BCUT2D eigenvalue weighted by molar-refractivity contribution is 6.30. The first-order valence-electron chi connectivity index (χ1n) is 11.6. The number of rotatable bonds is 8. The van der Waals surface area contributed by atoms with Crippen LogP contribution in [0.5, 0.6) is 11.5 Å². The Morgan fingerprint density at radius 3 is 2.59 bits per heavy atom. The first-order valence-corrected chi connectivity index (χ1v) is 12.0. The molecule has 0 spiro atoms. The van der Waals surface area contributed by atoms with Gasteiger partial charge in [0.05, 0.1) is 24.3 Å². The van der Waals surface area contributed by atoms with Gasteiger partial charge in [-0.2, -0.15) is 5.10 Å². The molecule has 0 atom stereocenters. The van der Waals surface area contributed by atoms with Gasteiger partial charge in [0.1, 0.15) is 23.7 Å². The Morgan fingerprint density at radius 2 is 1.92 bits per heavy atom. The second kappa shape index (κ2) is 10.8. The molecule has 9 heteroatoms. The van der Waals surface area contributed by atoms with Crippen LogP contribution >= 0.6 is 11.6 Å². The molecule has 190 valence electrons. The number of fused-ring (bicyclic) bond motifs is 1. The summed E-state index contributed by atoms with van der Waals surface area (Å²) in [5, 5.41) is 6.15. The fourth-order valence-electron chi connectivity index (χ4n) is 3.95. The first kappa shape index (κ1) is 25.9. The van der Waals surface area contributed by atoms with Crippen molar-refractivity contribution in [3.05, 3.63) is 76.0 Å². The number of anilines is 1. The highest BCUT2D eigenvalue weighted by Crippen LogP contribution is 2.32. The Bertz CT molecular complexity index is 1550. The third-order valence-electron chi connectivity index (χ3n) is 5.78. The van der Waals surface area contributed by atoms with Crippen LogP contribution in [0.1, 0.15) is 13.8 Å². The van der Waals surface area contributed by atoms with Gasteiger partial charge in [-0.05, 0) is 63.0 Å². The van der Waals surface area contributed by atoms with Crippen molar-refractivity contribution in [2.24, 2.45) is 4.99 Å². The molecule has 0 bridgehead atoms. The van der Waals surface area contributed by atoms with Crippen LogP contribution in [0.3, 0.4) is 0 Å². The Labute approximate surface area is 219 Å². The van der Waals surface area contributed by atoms with Gasteiger partial charge in [-0.3, -0.25) is 14.6 Å². The molecule has 4 aromatic rings. The van der Waals surface area contributed by atoms with Gasteiger partial charge in [-0.15, -0.1) is 0 Å². The molecular weight excluding hydrogens is 492 g/mol. The van der Waals surface area contributed by atoms with Crippen LogP contribution in [0.15, 0.2) is 70.5 Å². The lowest BCUT2D eigenvalue weighted by Crippen LogP contribution is -2.35. The minimum atomic E-state index is -0.402. The second-order valence-corrected chi connectivity index (χ2v) is 9.10. The van der Waals surface area contributed by atoms with E-state index in [1.54, 1.807) is 55.6 Å². The number of halogens is 1. The van der Waals surface area contributed by atoms with Gasteiger partial charge in [0, 0.05) is 34.8 Å². The smallest absolute Gasteiger partial charge is 0.275 e. The van der Waals surface area contributed by atoms with E-state index in [1.807, 2.05) is 26.0 Å². The van der Waals surface area contributed by atoms with Crippen LogP contribution in [0.2, 0.25) is 5.02 Å². The summed E-state index contributed by atoms with van der Waals surface area (Å²) < 4.78 is 12.3. The molecule has 0 aliphatic heterocycles. The Morgan fingerprint density at radius 1 is 1.14 bits per heavy atom. The number of aromatic nitrogens is 2. The molecule has 8 nitrogen and oxygen atoms in total. The van der Waals surface area contributed by atoms with E-state index in [4.69, 9.17) is 21.1 Å². The number of aliphatic imine (C=N–C) groups is 1. The van der Waals surface area contributed by atoms with Gasteiger partial charge in [-0.25, -0.2) is 4.68 Å². The van der Waals surface area contributed by atoms with E-state index in [0.717, 1.165) is 5.56 Å². The van der Waals surface area contributed by atoms with E-state index < -0.39 is 5.56 Å². The zero-order valence-corrected chi connectivity index (χ0v) is 21.8. The average Bonchev–Trinajstić information content (AvgIpc) is 2.89. The molecular formula is C28H27ClN4O4. The lowest BCUT2D eigenvalue weighted by Gasteiger charge is -2.19. The third-order valence-corrected chi connectivity index (χ3v) is 6.02. The minimum Gasteiger partial charge on any atom is -0.494 e. The SMILES string of the molecule is C=Nc1ccc(N(C)C(=O)Cn2nc(-c3cccc(Cl)c3)c3ccc(OC(C)C)cc3c2=O)cc1OC.